The van der Waals surface area contributed by atoms with Gasteiger partial charge in [-0.05, 0) is 128 Å². The molecular formula is C75H120O5. The van der Waals surface area contributed by atoms with Crippen LogP contribution in [0.25, 0.3) is 0 Å². The molecule has 80 heavy (non-hydrogen) atoms. The lowest BCUT2D eigenvalue weighted by Crippen LogP contribution is -2.28. The molecule has 0 heterocycles. The van der Waals surface area contributed by atoms with E-state index in [1.807, 2.05) is 0 Å². The highest BCUT2D eigenvalue weighted by Gasteiger charge is 2.16. The van der Waals surface area contributed by atoms with E-state index in [4.69, 9.17) is 9.47 Å². The fraction of sp³-hybridized carbons (Fsp3) is 0.600. The summed E-state index contributed by atoms with van der Waals surface area (Å²) < 4.78 is 10.7. The molecule has 0 saturated carbocycles. The molecule has 1 atom stereocenters. The molecule has 0 radical (unpaired) electrons. The minimum atomic E-state index is -0.790. The predicted molar refractivity (Wildman–Crippen MR) is 352 cm³/mol. The SMILES string of the molecule is CC/C=C\C/C=C\C/C=C\C/C=C\C/C=C\C/C=C\C/C=C\C/C=C\CCCCCCCCCCC(=O)OC(CO)COC(=O)CCCCCCCCCCCCCCCC/C=C\C/C=C\C/C=C\C/C=C\C/C=C\C/C=C\CC. The maximum Gasteiger partial charge on any atom is 0.306 e. The van der Waals surface area contributed by atoms with Crippen LogP contribution in [-0.2, 0) is 19.1 Å². The number of hydrogen-bond acceptors (Lipinski definition) is 5. The molecule has 1 unspecified atom stereocenters. The van der Waals surface area contributed by atoms with Crippen molar-refractivity contribution in [2.75, 3.05) is 13.2 Å². The number of carbonyl (C=O) groups is 2. The summed E-state index contributed by atoms with van der Waals surface area (Å²) in [6.45, 7) is 3.91. The van der Waals surface area contributed by atoms with Crippen LogP contribution in [0, 0.1) is 0 Å². The van der Waals surface area contributed by atoms with Gasteiger partial charge >= 0.3 is 11.9 Å². The van der Waals surface area contributed by atoms with Crippen molar-refractivity contribution in [3.8, 4) is 0 Å². The molecule has 0 amide bonds. The Morgan fingerprint density at radius 2 is 0.500 bits per heavy atom. The zero-order valence-electron chi connectivity index (χ0n) is 51.5. The molecular weight excluding hydrogens is 981 g/mol. The minimum absolute atomic E-state index is 0.0787. The number of carbonyl (C=O) groups excluding carboxylic acids is 2. The van der Waals surface area contributed by atoms with E-state index in [-0.39, 0.29) is 25.2 Å². The standard InChI is InChI=1S/C75H120O5/c1-3-5-7-9-11-13-15-17-19-21-23-25-27-29-31-33-35-37-39-41-43-45-47-49-51-53-55-57-59-61-63-65-67-69-74(77)79-72-73(71-76)80-75(78)70-68-66-64-62-60-58-56-54-52-50-48-46-44-42-40-38-36-34-32-30-28-26-24-22-20-18-16-14-12-10-8-6-4-2/h5-8,11-14,17-20,23-26,29-32,35-38,42,44,48,50,73,76H,3-4,9-10,15-16,21-22,27-28,33-34,39-41,43,45-47,49,51-72H2,1-2H3/b7-5-,8-6-,13-11-,14-12-,19-17-,20-18-,25-23-,26-24-,31-29-,32-30-,37-35-,38-36-,44-42-,50-48-. The van der Waals surface area contributed by atoms with E-state index in [2.05, 4.69) is 184 Å². The van der Waals surface area contributed by atoms with Crippen LogP contribution in [0.5, 0.6) is 0 Å². The summed E-state index contributed by atoms with van der Waals surface area (Å²) in [6, 6.07) is 0. The Hall–Kier alpha value is -4.74. The maximum atomic E-state index is 12.4. The summed E-state index contributed by atoms with van der Waals surface area (Å²) in [5, 5.41) is 9.69. The van der Waals surface area contributed by atoms with Crippen molar-refractivity contribution >= 4 is 11.9 Å². The number of esters is 2. The summed E-state index contributed by atoms with van der Waals surface area (Å²) in [4.78, 5) is 24.6. The largest absolute Gasteiger partial charge is 0.462 e. The highest BCUT2D eigenvalue weighted by atomic mass is 16.6. The first kappa shape index (κ1) is 75.3. The van der Waals surface area contributed by atoms with E-state index in [0.717, 1.165) is 135 Å². The van der Waals surface area contributed by atoms with Crippen LogP contribution in [0.4, 0.5) is 0 Å². The summed E-state index contributed by atoms with van der Waals surface area (Å²) in [5.41, 5.74) is 0. The molecule has 5 nitrogen and oxygen atoms in total. The van der Waals surface area contributed by atoms with Gasteiger partial charge in [-0.1, -0.05) is 300 Å². The number of hydrogen-bond donors (Lipinski definition) is 1. The third kappa shape index (κ3) is 65.8. The van der Waals surface area contributed by atoms with Gasteiger partial charge < -0.3 is 14.6 Å². The van der Waals surface area contributed by atoms with Crippen LogP contribution in [0.3, 0.4) is 0 Å². The van der Waals surface area contributed by atoms with Gasteiger partial charge in [-0.3, -0.25) is 9.59 Å². The van der Waals surface area contributed by atoms with Gasteiger partial charge in [0, 0.05) is 12.8 Å². The molecule has 0 aromatic rings. The van der Waals surface area contributed by atoms with Gasteiger partial charge in [-0.2, -0.15) is 0 Å². The van der Waals surface area contributed by atoms with E-state index in [9.17, 15) is 14.7 Å². The first-order chi connectivity index (χ1) is 39.6. The van der Waals surface area contributed by atoms with Gasteiger partial charge in [0.1, 0.15) is 6.61 Å². The van der Waals surface area contributed by atoms with Crippen molar-refractivity contribution in [3.05, 3.63) is 170 Å². The Bertz CT molecular complexity index is 1770. The van der Waals surface area contributed by atoms with Gasteiger partial charge in [-0.25, -0.2) is 0 Å². The van der Waals surface area contributed by atoms with E-state index < -0.39 is 6.10 Å². The van der Waals surface area contributed by atoms with E-state index in [1.54, 1.807) is 0 Å². The first-order valence-electron chi connectivity index (χ1n) is 32.7. The normalized spacial score (nSPS) is 13.4. The zero-order chi connectivity index (χ0) is 57.6. The first-order valence-corrected chi connectivity index (χ1v) is 32.7. The molecule has 0 fully saturated rings. The van der Waals surface area contributed by atoms with Gasteiger partial charge in [0.15, 0.2) is 6.10 Å². The summed E-state index contributed by atoms with van der Waals surface area (Å²) in [5.74, 6) is -0.607. The number of allylic oxidation sites excluding steroid dienone is 28. The predicted octanol–water partition coefficient (Wildman–Crippen LogP) is 22.9. The number of aliphatic hydroxyl groups is 1. The van der Waals surface area contributed by atoms with Crippen molar-refractivity contribution in [2.45, 2.75) is 277 Å². The third-order valence-corrected chi connectivity index (χ3v) is 13.5. The summed E-state index contributed by atoms with van der Waals surface area (Å²) in [6.07, 6.45) is 106. The van der Waals surface area contributed by atoms with Gasteiger partial charge in [0.25, 0.3) is 0 Å². The molecule has 0 aliphatic heterocycles. The lowest BCUT2D eigenvalue weighted by atomic mass is 10.0. The Labute approximate surface area is 493 Å². The van der Waals surface area contributed by atoms with Gasteiger partial charge in [-0.15, -0.1) is 0 Å². The van der Waals surface area contributed by atoms with E-state index >= 15 is 0 Å². The molecule has 0 spiro atoms. The molecule has 0 aliphatic carbocycles. The molecule has 0 aromatic heterocycles. The molecule has 0 aromatic carbocycles. The Kier molecular flexibility index (Phi) is 64.5. The van der Waals surface area contributed by atoms with Crippen LogP contribution < -0.4 is 0 Å². The number of rotatable bonds is 58. The average Bonchev–Trinajstić information content (AvgIpc) is 3.46. The summed E-state index contributed by atoms with van der Waals surface area (Å²) in [7, 11) is 0. The van der Waals surface area contributed by atoms with Crippen LogP contribution in [0.15, 0.2) is 170 Å². The van der Waals surface area contributed by atoms with Crippen LogP contribution in [0.1, 0.15) is 271 Å². The smallest absolute Gasteiger partial charge is 0.306 e. The van der Waals surface area contributed by atoms with Gasteiger partial charge in [0.2, 0.25) is 0 Å². The third-order valence-electron chi connectivity index (χ3n) is 13.5. The molecule has 5 heteroatoms. The lowest BCUT2D eigenvalue weighted by Gasteiger charge is -2.15. The van der Waals surface area contributed by atoms with Crippen molar-refractivity contribution in [2.24, 2.45) is 0 Å². The zero-order valence-corrected chi connectivity index (χ0v) is 51.5. The van der Waals surface area contributed by atoms with Crippen molar-refractivity contribution < 1.29 is 24.2 Å². The van der Waals surface area contributed by atoms with E-state index in [1.165, 1.54) is 109 Å². The topological polar surface area (TPSA) is 72.8 Å². The number of aliphatic hydroxyl groups excluding tert-OH is 1. The average molecular weight is 1100 g/mol. The monoisotopic (exact) mass is 1100 g/mol. The fourth-order valence-electron chi connectivity index (χ4n) is 8.69. The molecule has 0 aliphatic rings. The van der Waals surface area contributed by atoms with Crippen molar-refractivity contribution in [1.29, 1.82) is 0 Å². The fourth-order valence-corrected chi connectivity index (χ4v) is 8.69. The molecule has 450 valence electrons. The minimum Gasteiger partial charge on any atom is -0.462 e. The van der Waals surface area contributed by atoms with Crippen LogP contribution in [-0.4, -0.2) is 36.4 Å². The van der Waals surface area contributed by atoms with Crippen molar-refractivity contribution in [3.63, 3.8) is 0 Å². The second-order valence-electron chi connectivity index (χ2n) is 21.1. The van der Waals surface area contributed by atoms with Gasteiger partial charge in [0.05, 0.1) is 6.61 Å². The van der Waals surface area contributed by atoms with Crippen LogP contribution in [0.2, 0.25) is 0 Å². The quantitative estimate of drug-likeness (QED) is 0.0373. The maximum absolute atomic E-state index is 12.4. The highest BCUT2D eigenvalue weighted by molar-refractivity contribution is 5.70. The second kappa shape index (κ2) is 68.5. The van der Waals surface area contributed by atoms with Crippen molar-refractivity contribution in [1.82, 2.24) is 0 Å². The Morgan fingerprint density at radius 3 is 0.750 bits per heavy atom. The lowest BCUT2D eigenvalue weighted by molar-refractivity contribution is -0.161. The van der Waals surface area contributed by atoms with E-state index in [0.29, 0.717) is 12.8 Å². The number of unbranched alkanes of at least 4 members (excludes halogenated alkanes) is 22. The Morgan fingerprint density at radius 1 is 0.287 bits per heavy atom. The second-order valence-corrected chi connectivity index (χ2v) is 21.1. The molecule has 0 saturated heterocycles. The Balaban J connectivity index is 3.56. The van der Waals surface area contributed by atoms with Crippen LogP contribution >= 0.6 is 0 Å². The summed E-state index contributed by atoms with van der Waals surface area (Å²) >= 11 is 0. The molecule has 0 bridgehead atoms. The highest BCUT2D eigenvalue weighted by Crippen LogP contribution is 2.16. The molecule has 1 N–H and O–H groups in total. The molecule has 0 rings (SSSR count). The number of ether oxygens (including phenoxy) is 2.